The van der Waals surface area contributed by atoms with Crippen LogP contribution < -0.4 is 15.2 Å². The summed E-state index contributed by atoms with van der Waals surface area (Å²) in [5.41, 5.74) is 6.01. The number of esters is 1. The number of carbonyl (C=O) groups excluding carboxylic acids is 3. The fraction of sp³-hybridized carbons (Fsp3) is 0.450. The zero-order chi connectivity index (χ0) is 20.5. The Kier molecular flexibility index (Phi) is 7.86. The van der Waals surface area contributed by atoms with E-state index in [1.165, 1.54) is 13.2 Å². The van der Waals surface area contributed by atoms with E-state index < -0.39 is 5.97 Å². The smallest absolute Gasteiger partial charge is 0.331 e. The van der Waals surface area contributed by atoms with E-state index >= 15 is 0 Å². The van der Waals surface area contributed by atoms with Gasteiger partial charge in [-0.25, -0.2) is 4.79 Å². The standard InChI is InChI=1S/C20H26N2O6/c1-3-27-16-6-4-14(12-17(16)26-2)5-7-19(24)28-13-18(23)22-10-8-15(9-11-22)20(21)25/h4-7,12,15H,3,8-11,13H2,1-2H3,(H2,21,25)/b7-5+. The Labute approximate surface area is 164 Å². The van der Waals surface area contributed by atoms with Gasteiger partial charge in [-0.3, -0.25) is 9.59 Å². The van der Waals surface area contributed by atoms with E-state index in [2.05, 4.69) is 0 Å². The first kappa shape index (κ1) is 21.3. The number of ether oxygens (including phenoxy) is 3. The SMILES string of the molecule is CCOc1ccc(/C=C/C(=O)OCC(=O)N2CCC(C(N)=O)CC2)cc1OC. The second-order valence-corrected chi connectivity index (χ2v) is 6.34. The molecule has 1 saturated heterocycles. The van der Waals surface area contributed by atoms with Gasteiger partial charge in [0, 0.05) is 25.1 Å². The molecule has 8 nitrogen and oxygen atoms in total. The van der Waals surface area contributed by atoms with Crippen LogP contribution in [0.1, 0.15) is 25.3 Å². The van der Waals surface area contributed by atoms with Gasteiger partial charge in [0.15, 0.2) is 18.1 Å². The third kappa shape index (κ3) is 6.00. The Morgan fingerprint density at radius 3 is 2.54 bits per heavy atom. The van der Waals surface area contributed by atoms with Crippen molar-refractivity contribution >= 4 is 23.9 Å². The Balaban J connectivity index is 1.82. The Bertz CT molecular complexity index is 738. The summed E-state index contributed by atoms with van der Waals surface area (Å²) in [6.07, 6.45) is 3.90. The second kappa shape index (κ2) is 10.3. The number of hydrogen-bond acceptors (Lipinski definition) is 6. The highest BCUT2D eigenvalue weighted by molar-refractivity contribution is 5.89. The summed E-state index contributed by atoms with van der Waals surface area (Å²) in [7, 11) is 1.54. The number of methoxy groups -OCH3 is 1. The van der Waals surface area contributed by atoms with Crippen LogP contribution in [-0.2, 0) is 19.1 Å². The number of carbonyl (C=O) groups is 3. The van der Waals surface area contributed by atoms with Crippen molar-refractivity contribution in [2.45, 2.75) is 19.8 Å². The lowest BCUT2D eigenvalue weighted by molar-refractivity contribution is -0.149. The van der Waals surface area contributed by atoms with Crippen LogP contribution in [0.15, 0.2) is 24.3 Å². The van der Waals surface area contributed by atoms with Crippen molar-refractivity contribution in [3.63, 3.8) is 0 Å². The minimum absolute atomic E-state index is 0.194. The molecule has 0 radical (unpaired) electrons. The molecule has 1 aromatic rings. The number of piperidine rings is 1. The topological polar surface area (TPSA) is 108 Å². The van der Waals surface area contributed by atoms with Crippen LogP contribution in [0.5, 0.6) is 11.5 Å². The highest BCUT2D eigenvalue weighted by Gasteiger charge is 2.26. The maximum atomic E-state index is 12.1. The quantitative estimate of drug-likeness (QED) is 0.531. The van der Waals surface area contributed by atoms with Gasteiger partial charge in [-0.1, -0.05) is 6.07 Å². The number of rotatable bonds is 8. The average Bonchev–Trinajstić information content (AvgIpc) is 2.71. The Morgan fingerprint density at radius 1 is 1.21 bits per heavy atom. The van der Waals surface area contributed by atoms with Gasteiger partial charge in [0.2, 0.25) is 5.91 Å². The van der Waals surface area contributed by atoms with E-state index in [0.29, 0.717) is 44.0 Å². The molecule has 0 unspecified atom stereocenters. The second-order valence-electron chi connectivity index (χ2n) is 6.34. The number of nitrogens with zero attached hydrogens (tertiary/aromatic N) is 1. The molecule has 0 aliphatic carbocycles. The monoisotopic (exact) mass is 390 g/mol. The zero-order valence-corrected chi connectivity index (χ0v) is 16.2. The molecule has 1 fully saturated rings. The first-order valence-corrected chi connectivity index (χ1v) is 9.17. The maximum Gasteiger partial charge on any atom is 0.331 e. The molecule has 1 heterocycles. The number of likely N-dealkylation sites (tertiary alicyclic amines) is 1. The van der Waals surface area contributed by atoms with E-state index in [0.717, 1.165) is 5.56 Å². The molecule has 152 valence electrons. The van der Waals surface area contributed by atoms with Crippen molar-refractivity contribution < 1.29 is 28.6 Å². The van der Waals surface area contributed by atoms with Gasteiger partial charge in [0.1, 0.15) is 0 Å². The largest absolute Gasteiger partial charge is 0.493 e. The predicted octanol–water partition coefficient (Wildman–Crippen LogP) is 1.37. The van der Waals surface area contributed by atoms with Crippen molar-refractivity contribution in [2.75, 3.05) is 33.4 Å². The number of benzene rings is 1. The highest BCUT2D eigenvalue weighted by atomic mass is 16.5. The molecule has 2 N–H and O–H groups in total. The molecule has 1 aliphatic heterocycles. The lowest BCUT2D eigenvalue weighted by Gasteiger charge is -2.30. The lowest BCUT2D eigenvalue weighted by Crippen LogP contribution is -2.43. The molecule has 1 aliphatic rings. The summed E-state index contributed by atoms with van der Waals surface area (Å²) >= 11 is 0. The molecule has 1 aromatic carbocycles. The fourth-order valence-electron chi connectivity index (χ4n) is 2.91. The predicted molar refractivity (Wildman–Crippen MR) is 103 cm³/mol. The van der Waals surface area contributed by atoms with E-state index in [4.69, 9.17) is 19.9 Å². The minimum Gasteiger partial charge on any atom is -0.493 e. The van der Waals surface area contributed by atoms with Crippen molar-refractivity contribution in [3.05, 3.63) is 29.8 Å². The zero-order valence-electron chi connectivity index (χ0n) is 16.2. The van der Waals surface area contributed by atoms with Crippen LogP contribution in [0.25, 0.3) is 6.08 Å². The van der Waals surface area contributed by atoms with Crippen LogP contribution in [0.4, 0.5) is 0 Å². The highest BCUT2D eigenvalue weighted by Crippen LogP contribution is 2.28. The van der Waals surface area contributed by atoms with Crippen LogP contribution >= 0.6 is 0 Å². The third-order valence-corrected chi connectivity index (χ3v) is 4.49. The molecular weight excluding hydrogens is 364 g/mol. The Morgan fingerprint density at radius 2 is 1.93 bits per heavy atom. The summed E-state index contributed by atoms with van der Waals surface area (Å²) < 4.78 is 15.7. The summed E-state index contributed by atoms with van der Waals surface area (Å²) in [5, 5.41) is 0. The van der Waals surface area contributed by atoms with Crippen molar-refractivity contribution in [2.24, 2.45) is 11.7 Å². The fourth-order valence-corrected chi connectivity index (χ4v) is 2.91. The summed E-state index contributed by atoms with van der Waals surface area (Å²) in [6.45, 7) is 2.94. The molecular formula is C20H26N2O6. The van der Waals surface area contributed by atoms with Crippen LogP contribution in [-0.4, -0.2) is 56.1 Å². The number of primary amides is 1. The lowest BCUT2D eigenvalue weighted by atomic mass is 9.96. The van der Waals surface area contributed by atoms with Gasteiger partial charge >= 0.3 is 5.97 Å². The van der Waals surface area contributed by atoms with Crippen LogP contribution in [0.2, 0.25) is 0 Å². The average molecular weight is 390 g/mol. The molecule has 0 bridgehead atoms. The molecule has 0 aromatic heterocycles. The van der Waals surface area contributed by atoms with Crippen molar-refractivity contribution in [1.82, 2.24) is 4.90 Å². The van der Waals surface area contributed by atoms with Gasteiger partial charge < -0.3 is 24.8 Å². The van der Waals surface area contributed by atoms with E-state index in [9.17, 15) is 14.4 Å². The van der Waals surface area contributed by atoms with Gasteiger partial charge in [-0.2, -0.15) is 0 Å². The van der Waals surface area contributed by atoms with Crippen molar-refractivity contribution in [3.8, 4) is 11.5 Å². The normalized spacial score (nSPS) is 14.7. The maximum absolute atomic E-state index is 12.1. The summed E-state index contributed by atoms with van der Waals surface area (Å²) in [5.74, 6) is -0.252. The number of amides is 2. The number of hydrogen-bond donors (Lipinski definition) is 1. The minimum atomic E-state index is -0.617. The molecule has 8 heteroatoms. The van der Waals surface area contributed by atoms with E-state index in [-0.39, 0.29) is 24.3 Å². The van der Waals surface area contributed by atoms with Gasteiger partial charge in [0.05, 0.1) is 13.7 Å². The van der Waals surface area contributed by atoms with E-state index in [1.807, 2.05) is 6.92 Å². The first-order valence-electron chi connectivity index (χ1n) is 9.17. The molecule has 0 spiro atoms. The van der Waals surface area contributed by atoms with Crippen molar-refractivity contribution in [1.29, 1.82) is 0 Å². The first-order chi connectivity index (χ1) is 13.4. The van der Waals surface area contributed by atoms with Gasteiger partial charge in [-0.05, 0) is 43.5 Å². The van der Waals surface area contributed by atoms with E-state index in [1.54, 1.807) is 29.2 Å². The molecule has 2 amide bonds. The van der Waals surface area contributed by atoms with Gasteiger partial charge in [-0.15, -0.1) is 0 Å². The third-order valence-electron chi connectivity index (χ3n) is 4.49. The molecule has 28 heavy (non-hydrogen) atoms. The summed E-state index contributed by atoms with van der Waals surface area (Å²) in [4.78, 5) is 36.7. The molecule has 0 atom stereocenters. The van der Waals surface area contributed by atoms with Crippen LogP contribution in [0, 0.1) is 5.92 Å². The number of nitrogens with two attached hydrogens (primary N) is 1. The summed E-state index contributed by atoms with van der Waals surface area (Å²) in [6, 6.07) is 5.28. The van der Waals surface area contributed by atoms with Gasteiger partial charge in [0.25, 0.3) is 5.91 Å². The van der Waals surface area contributed by atoms with Crippen LogP contribution in [0.3, 0.4) is 0 Å². The molecule has 2 rings (SSSR count). The molecule has 0 saturated carbocycles. The Hall–Kier alpha value is -3.03.